The molecule has 0 heterocycles. The summed E-state index contributed by atoms with van der Waals surface area (Å²) in [5, 5.41) is 0. The quantitative estimate of drug-likeness (QED) is 0.657. The second-order valence-electron chi connectivity index (χ2n) is 4.31. The summed E-state index contributed by atoms with van der Waals surface area (Å²) in [7, 11) is 0. The number of rotatable bonds is 0. The molecule has 0 radical (unpaired) electrons. The summed E-state index contributed by atoms with van der Waals surface area (Å²) in [4.78, 5) is 0. The summed E-state index contributed by atoms with van der Waals surface area (Å²) in [5.74, 6) is 0. The van der Waals surface area contributed by atoms with Gasteiger partial charge in [0.05, 0.1) is 0 Å². The van der Waals surface area contributed by atoms with Crippen LogP contribution in [0.4, 0.5) is 0 Å². The minimum atomic E-state index is 1.17. The highest BCUT2D eigenvalue weighted by atomic mass is 79.9. The number of aryl methyl sites for hydroxylation is 2. The lowest BCUT2D eigenvalue weighted by atomic mass is 9.97. The first-order valence-electron chi connectivity index (χ1n) is 5.71. The molecule has 0 saturated heterocycles. The fraction of sp³-hybridized carbons (Fsp3) is 0.200. The van der Waals surface area contributed by atoms with Crippen LogP contribution in [-0.4, -0.2) is 0 Å². The Morgan fingerprint density at radius 3 is 2.44 bits per heavy atom. The molecule has 0 amide bonds. The van der Waals surface area contributed by atoms with E-state index in [2.05, 4.69) is 58.4 Å². The van der Waals surface area contributed by atoms with Crippen LogP contribution in [0.3, 0.4) is 0 Å². The van der Waals surface area contributed by atoms with Gasteiger partial charge in [0, 0.05) is 4.47 Å². The van der Waals surface area contributed by atoms with E-state index in [0.29, 0.717) is 0 Å². The van der Waals surface area contributed by atoms with Crippen LogP contribution < -0.4 is 0 Å². The zero-order valence-electron chi connectivity index (χ0n) is 9.04. The molecule has 0 nitrogen and oxygen atoms in total. The molecule has 1 aliphatic rings. The average molecular weight is 273 g/mol. The Morgan fingerprint density at radius 2 is 1.56 bits per heavy atom. The summed E-state index contributed by atoms with van der Waals surface area (Å²) in [5.41, 5.74) is 5.78. The highest BCUT2D eigenvalue weighted by molar-refractivity contribution is 9.10. The van der Waals surface area contributed by atoms with Gasteiger partial charge in [-0.05, 0) is 53.6 Å². The Labute approximate surface area is 104 Å². The van der Waals surface area contributed by atoms with E-state index in [4.69, 9.17) is 0 Å². The van der Waals surface area contributed by atoms with Gasteiger partial charge in [0.2, 0.25) is 0 Å². The zero-order chi connectivity index (χ0) is 11.0. The van der Waals surface area contributed by atoms with Gasteiger partial charge in [0.25, 0.3) is 0 Å². The normalized spacial score (nSPS) is 13.8. The molecule has 0 unspecified atom stereocenters. The number of halogens is 1. The summed E-state index contributed by atoms with van der Waals surface area (Å²) in [6, 6.07) is 15.4. The maximum absolute atomic E-state index is 3.57. The molecular formula is C15H13Br. The van der Waals surface area contributed by atoms with Gasteiger partial charge >= 0.3 is 0 Å². The van der Waals surface area contributed by atoms with Crippen molar-refractivity contribution >= 4 is 15.9 Å². The van der Waals surface area contributed by atoms with Gasteiger partial charge < -0.3 is 0 Å². The monoisotopic (exact) mass is 272 g/mol. The largest absolute Gasteiger partial charge is 0.0620 e. The third-order valence-corrected chi connectivity index (χ3v) is 3.76. The van der Waals surface area contributed by atoms with Crippen LogP contribution in [0, 0.1) is 0 Å². The topological polar surface area (TPSA) is 0 Å². The van der Waals surface area contributed by atoms with E-state index in [9.17, 15) is 0 Å². The fourth-order valence-corrected chi connectivity index (χ4v) is 2.85. The smallest absolute Gasteiger partial charge is 0.0181 e. The first-order chi connectivity index (χ1) is 7.84. The first-order valence-corrected chi connectivity index (χ1v) is 6.50. The Hall–Kier alpha value is -1.08. The lowest BCUT2D eigenvalue weighted by Gasteiger charge is -2.09. The van der Waals surface area contributed by atoms with Crippen LogP contribution in [0.2, 0.25) is 0 Å². The van der Waals surface area contributed by atoms with Crippen molar-refractivity contribution in [1.82, 2.24) is 0 Å². The summed E-state index contributed by atoms with van der Waals surface area (Å²) in [6.45, 7) is 0. The van der Waals surface area contributed by atoms with Crippen molar-refractivity contribution in [2.75, 3.05) is 0 Å². The SMILES string of the molecule is Brc1ccc2c(c1)-c1ccccc1CCC2. The fourth-order valence-electron chi connectivity index (χ4n) is 2.49. The number of hydrogen-bond acceptors (Lipinski definition) is 0. The molecule has 0 bridgehead atoms. The standard InChI is InChI=1S/C15H13Br/c16-13-9-8-12-6-3-5-11-4-1-2-7-14(11)15(12)10-13/h1-2,4,7-10H,3,5-6H2. The Balaban J connectivity index is 2.28. The minimum absolute atomic E-state index is 1.17. The zero-order valence-corrected chi connectivity index (χ0v) is 10.6. The lowest BCUT2D eigenvalue weighted by Crippen LogP contribution is -1.87. The van der Waals surface area contributed by atoms with Crippen LogP contribution in [0.5, 0.6) is 0 Å². The van der Waals surface area contributed by atoms with Crippen molar-refractivity contribution in [3.8, 4) is 11.1 Å². The van der Waals surface area contributed by atoms with Crippen molar-refractivity contribution < 1.29 is 0 Å². The van der Waals surface area contributed by atoms with Gasteiger partial charge in [-0.25, -0.2) is 0 Å². The minimum Gasteiger partial charge on any atom is -0.0620 e. The number of fused-ring (bicyclic) bond motifs is 3. The van der Waals surface area contributed by atoms with E-state index in [0.717, 1.165) is 0 Å². The Kier molecular flexibility index (Phi) is 2.56. The van der Waals surface area contributed by atoms with Crippen LogP contribution in [0.15, 0.2) is 46.9 Å². The van der Waals surface area contributed by atoms with Gasteiger partial charge in [-0.2, -0.15) is 0 Å². The van der Waals surface area contributed by atoms with Gasteiger partial charge in [-0.3, -0.25) is 0 Å². The molecule has 16 heavy (non-hydrogen) atoms. The summed E-state index contributed by atoms with van der Waals surface area (Å²) < 4.78 is 1.17. The molecular weight excluding hydrogens is 260 g/mol. The van der Waals surface area contributed by atoms with Crippen molar-refractivity contribution in [1.29, 1.82) is 0 Å². The molecule has 80 valence electrons. The molecule has 0 aliphatic heterocycles. The van der Waals surface area contributed by atoms with Gasteiger partial charge in [0.15, 0.2) is 0 Å². The van der Waals surface area contributed by atoms with Crippen molar-refractivity contribution in [2.24, 2.45) is 0 Å². The predicted molar refractivity (Wildman–Crippen MR) is 71.6 cm³/mol. The maximum Gasteiger partial charge on any atom is 0.0181 e. The third-order valence-electron chi connectivity index (χ3n) is 3.27. The van der Waals surface area contributed by atoms with Crippen LogP contribution in [0.1, 0.15) is 17.5 Å². The Bertz CT molecular complexity index is 529. The van der Waals surface area contributed by atoms with E-state index in [1.54, 1.807) is 0 Å². The molecule has 0 atom stereocenters. The van der Waals surface area contributed by atoms with Gasteiger partial charge in [-0.15, -0.1) is 0 Å². The summed E-state index contributed by atoms with van der Waals surface area (Å²) >= 11 is 3.57. The molecule has 3 rings (SSSR count). The second-order valence-corrected chi connectivity index (χ2v) is 5.23. The highest BCUT2D eigenvalue weighted by Crippen LogP contribution is 2.33. The Morgan fingerprint density at radius 1 is 0.812 bits per heavy atom. The maximum atomic E-state index is 3.57. The molecule has 2 aromatic carbocycles. The van der Waals surface area contributed by atoms with E-state index in [1.807, 2.05) is 0 Å². The average Bonchev–Trinajstić information content (AvgIpc) is 2.48. The second kappa shape index (κ2) is 4.06. The molecule has 0 saturated carbocycles. The molecule has 2 aromatic rings. The first kappa shape index (κ1) is 10.1. The molecule has 0 spiro atoms. The number of benzene rings is 2. The van der Waals surface area contributed by atoms with Crippen molar-refractivity contribution in [2.45, 2.75) is 19.3 Å². The number of hydrogen-bond donors (Lipinski definition) is 0. The van der Waals surface area contributed by atoms with Gasteiger partial charge in [-0.1, -0.05) is 46.3 Å². The van der Waals surface area contributed by atoms with Gasteiger partial charge in [0.1, 0.15) is 0 Å². The van der Waals surface area contributed by atoms with E-state index >= 15 is 0 Å². The van der Waals surface area contributed by atoms with E-state index in [1.165, 1.54) is 46.0 Å². The molecule has 0 N–H and O–H groups in total. The molecule has 1 heteroatoms. The lowest BCUT2D eigenvalue weighted by molar-refractivity contribution is 0.834. The molecule has 1 aliphatic carbocycles. The predicted octanol–water partition coefficient (Wildman–Crippen LogP) is 4.60. The van der Waals surface area contributed by atoms with Crippen LogP contribution in [-0.2, 0) is 12.8 Å². The summed E-state index contributed by atoms with van der Waals surface area (Å²) in [6.07, 6.45) is 3.64. The van der Waals surface area contributed by atoms with Crippen molar-refractivity contribution in [3.63, 3.8) is 0 Å². The molecule has 0 fully saturated rings. The highest BCUT2D eigenvalue weighted by Gasteiger charge is 2.13. The van der Waals surface area contributed by atoms with Crippen LogP contribution >= 0.6 is 15.9 Å². The van der Waals surface area contributed by atoms with E-state index < -0.39 is 0 Å². The van der Waals surface area contributed by atoms with Crippen molar-refractivity contribution in [3.05, 3.63) is 58.1 Å². The third kappa shape index (κ3) is 1.69. The molecule has 0 aromatic heterocycles. The van der Waals surface area contributed by atoms with E-state index in [-0.39, 0.29) is 0 Å². The van der Waals surface area contributed by atoms with Crippen LogP contribution in [0.25, 0.3) is 11.1 Å².